The summed E-state index contributed by atoms with van der Waals surface area (Å²) in [6.07, 6.45) is 2.15. The van der Waals surface area contributed by atoms with E-state index < -0.39 is 0 Å². The van der Waals surface area contributed by atoms with Gasteiger partial charge >= 0.3 is 0 Å². The second kappa shape index (κ2) is 10.1. The number of aliphatic hydroxyl groups excluding tert-OH is 1. The lowest BCUT2D eigenvalue weighted by atomic mass is 9.89. The van der Waals surface area contributed by atoms with Gasteiger partial charge in [-0.05, 0) is 56.3 Å². The Kier molecular flexibility index (Phi) is 7.80. The van der Waals surface area contributed by atoms with E-state index >= 15 is 0 Å². The van der Waals surface area contributed by atoms with E-state index in [1.165, 1.54) is 11.1 Å². The van der Waals surface area contributed by atoms with E-state index in [0.29, 0.717) is 12.5 Å². The molecule has 0 amide bonds. The zero-order valence-corrected chi connectivity index (χ0v) is 14.7. The minimum atomic E-state index is 0.174. The summed E-state index contributed by atoms with van der Waals surface area (Å²) in [5, 5.41) is 12.2. The fourth-order valence-electron chi connectivity index (χ4n) is 2.90. The zero-order chi connectivity index (χ0) is 17.2. The van der Waals surface area contributed by atoms with Gasteiger partial charge in [0.25, 0.3) is 0 Å². The average molecular weight is 327 g/mol. The number of nitrogens with one attached hydrogen (secondary N) is 1. The van der Waals surface area contributed by atoms with Crippen LogP contribution in [0.25, 0.3) is 0 Å². The van der Waals surface area contributed by atoms with Gasteiger partial charge in [0.05, 0.1) is 12.7 Å². The van der Waals surface area contributed by atoms with Crippen molar-refractivity contribution in [2.24, 2.45) is 0 Å². The van der Waals surface area contributed by atoms with E-state index in [9.17, 15) is 0 Å². The van der Waals surface area contributed by atoms with Crippen molar-refractivity contribution >= 4 is 0 Å². The quantitative estimate of drug-likeness (QED) is 0.653. The van der Waals surface area contributed by atoms with Crippen molar-refractivity contribution in [2.75, 3.05) is 19.7 Å². The van der Waals surface area contributed by atoms with Crippen molar-refractivity contribution in [2.45, 2.75) is 38.7 Å². The molecule has 0 saturated carbocycles. The molecule has 0 saturated heterocycles. The summed E-state index contributed by atoms with van der Waals surface area (Å²) in [4.78, 5) is 0. The van der Waals surface area contributed by atoms with Gasteiger partial charge in [0.2, 0.25) is 0 Å². The first-order valence-corrected chi connectivity index (χ1v) is 8.81. The minimum absolute atomic E-state index is 0.174. The molecule has 3 heteroatoms. The summed E-state index contributed by atoms with van der Waals surface area (Å²) in [6, 6.07) is 19.0. The predicted molar refractivity (Wildman–Crippen MR) is 99.7 cm³/mol. The number of benzene rings is 2. The number of para-hydroxylation sites is 1. The smallest absolute Gasteiger partial charge is 0.122 e. The van der Waals surface area contributed by atoms with Gasteiger partial charge in [-0.25, -0.2) is 0 Å². The van der Waals surface area contributed by atoms with Crippen LogP contribution in [0.1, 0.15) is 37.3 Å². The van der Waals surface area contributed by atoms with Crippen LogP contribution in [-0.4, -0.2) is 30.9 Å². The molecule has 0 spiro atoms. The van der Waals surface area contributed by atoms with E-state index in [4.69, 9.17) is 9.84 Å². The summed E-state index contributed by atoms with van der Waals surface area (Å²) in [5.74, 6) is 1.41. The molecule has 2 aromatic carbocycles. The molecule has 0 unspecified atom stereocenters. The molecule has 0 aliphatic carbocycles. The van der Waals surface area contributed by atoms with Crippen molar-refractivity contribution in [3.8, 4) is 5.75 Å². The van der Waals surface area contributed by atoms with Gasteiger partial charge in [-0.15, -0.1) is 0 Å². The number of rotatable bonds is 10. The van der Waals surface area contributed by atoms with Gasteiger partial charge in [-0.2, -0.15) is 0 Å². The van der Waals surface area contributed by atoms with E-state index in [1.807, 2.05) is 6.07 Å². The molecule has 0 radical (unpaired) electrons. The van der Waals surface area contributed by atoms with Crippen LogP contribution in [0.5, 0.6) is 5.75 Å². The van der Waals surface area contributed by atoms with Gasteiger partial charge in [-0.1, -0.05) is 48.5 Å². The van der Waals surface area contributed by atoms with Crippen molar-refractivity contribution in [3.63, 3.8) is 0 Å². The molecule has 0 bridgehead atoms. The van der Waals surface area contributed by atoms with Crippen LogP contribution >= 0.6 is 0 Å². The highest BCUT2D eigenvalue weighted by Gasteiger charge is 2.15. The largest absolute Gasteiger partial charge is 0.491 e. The third-order valence-corrected chi connectivity index (χ3v) is 4.03. The van der Waals surface area contributed by atoms with Crippen LogP contribution in [0.15, 0.2) is 54.6 Å². The van der Waals surface area contributed by atoms with Crippen LogP contribution in [0.2, 0.25) is 0 Å². The summed E-state index contributed by atoms with van der Waals surface area (Å²) in [5.41, 5.74) is 2.60. The molecule has 0 aliphatic heterocycles. The topological polar surface area (TPSA) is 41.5 Å². The molecule has 2 aromatic rings. The Morgan fingerprint density at radius 1 is 0.958 bits per heavy atom. The summed E-state index contributed by atoms with van der Waals surface area (Å²) >= 11 is 0. The van der Waals surface area contributed by atoms with Gasteiger partial charge in [0, 0.05) is 6.54 Å². The van der Waals surface area contributed by atoms with Crippen LogP contribution in [0, 0.1) is 0 Å². The zero-order valence-electron chi connectivity index (χ0n) is 14.7. The van der Waals surface area contributed by atoms with Crippen molar-refractivity contribution in [3.05, 3.63) is 65.7 Å². The Labute approximate surface area is 145 Å². The van der Waals surface area contributed by atoms with Gasteiger partial charge in [0.1, 0.15) is 5.75 Å². The highest BCUT2D eigenvalue weighted by molar-refractivity contribution is 5.35. The molecule has 0 aliphatic rings. The third kappa shape index (κ3) is 5.99. The molecule has 2 rings (SSSR count). The van der Waals surface area contributed by atoms with E-state index in [-0.39, 0.29) is 12.7 Å². The molecule has 0 heterocycles. The van der Waals surface area contributed by atoms with Gasteiger partial charge in [0.15, 0.2) is 0 Å². The number of ether oxygens (including phenoxy) is 1. The second-order valence-corrected chi connectivity index (χ2v) is 6.35. The molecule has 24 heavy (non-hydrogen) atoms. The van der Waals surface area contributed by atoms with Gasteiger partial charge in [-0.3, -0.25) is 0 Å². The predicted octanol–water partition coefficient (Wildman–Crippen LogP) is 3.77. The Morgan fingerprint density at radius 2 is 1.67 bits per heavy atom. The fourth-order valence-corrected chi connectivity index (χ4v) is 2.90. The Balaban J connectivity index is 2.13. The second-order valence-electron chi connectivity index (χ2n) is 6.35. The van der Waals surface area contributed by atoms with Crippen LogP contribution in [0.4, 0.5) is 0 Å². The van der Waals surface area contributed by atoms with Gasteiger partial charge < -0.3 is 15.2 Å². The fraction of sp³-hybridized carbons (Fsp3) is 0.429. The molecule has 1 atom stereocenters. The van der Waals surface area contributed by atoms with Crippen LogP contribution in [0.3, 0.4) is 0 Å². The summed E-state index contributed by atoms with van der Waals surface area (Å²) < 4.78 is 5.98. The SMILES string of the molecule is CC(C)Oc1ccccc1C[C@H](CCNCCO)c1ccccc1. The lowest BCUT2D eigenvalue weighted by Crippen LogP contribution is -2.21. The molecule has 2 N–H and O–H groups in total. The number of hydrogen-bond donors (Lipinski definition) is 2. The number of hydrogen-bond acceptors (Lipinski definition) is 3. The highest BCUT2D eigenvalue weighted by Crippen LogP contribution is 2.29. The lowest BCUT2D eigenvalue weighted by molar-refractivity contribution is 0.239. The Hall–Kier alpha value is -1.84. The molecule has 130 valence electrons. The highest BCUT2D eigenvalue weighted by atomic mass is 16.5. The average Bonchev–Trinajstić information content (AvgIpc) is 2.59. The molecule has 0 fully saturated rings. The summed E-state index contributed by atoms with van der Waals surface area (Å²) in [7, 11) is 0. The number of aliphatic hydroxyl groups is 1. The Morgan fingerprint density at radius 3 is 2.38 bits per heavy atom. The molecule has 0 aromatic heterocycles. The normalized spacial score (nSPS) is 12.3. The van der Waals surface area contributed by atoms with Crippen molar-refractivity contribution in [1.82, 2.24) is 5.32 Å². The third-order valence-electron chi connectivity index (χ3n) is 4.03. The van der Waals surface area contributed by atoms with Crippen molar-refractivity contribution in [1.29, 1.82) is 0 Å². The first-order chi connectivity index (χ1) is 11.7. The van der Waals surface area contributed by atoms with E-state index in [0.717, 1.165) is 25.1 Å². The van der Waals surface area contributed by atoms with Crippen LogP contribution < -0.4 is 10.1 Å². The minimum Gasteiger partial charge on any atom is -0.491 e. The molecule has 3 nitrogen and oxygen atoms in total. The first-order valence-electron chi connectivity index (χ1n) is 8.81. The maximum absolute atomic E-state index is 8.92. The summed E-state index contributed by atoms with van der Waals surface area (Å²) in [6.45, 7) is 5.84. The monoisotopic (exact) mass is 327 g/mol. The lowest BCUT2D eigenvalue weighted by Gasteiger charge is -2.21. The maximum atomic E-state index is 8.92. The Bertz CT molecular complexity index is 583. The maximum Gasteiger partial charge on any atom is 0.122 e. The first kappa shape index (κ1) is 18.5. The van der Waals surface area contributed by atoms with E-state index in [1.54, 1.807) is 0 Å². The molecular weight excluding hydrogens is 298 g/mol. The standard InChI is InChI=1S/C21H29NO2/c1-17(2)24-21-11-7-6-10-20(21)16-19(12-13-22-14-15-23)18-8-4-3-5-9-18/h3-11,17,19,22-23H,12-16H2,1-2H3/t19-/m0/s1. The van der Waals surface area contributed by atoms with Crippen molar-refractivity contribution < 1.29 is 9.84 Å². The molecular formula is C21H29NO2. The van der Waals surface area contributed by atoms with Crippen LogP contribution in [-0.2, 0) is 6.42 Å². The van der Waals surface area contributed by atoms with E-state index in [2.05, 4.69) is 67.7 Å².